The van der Waals surface area contributed by atoms with Crippen molar-refractivity contribution in [2.24, 2.45) is 11.8 Å². The van der Waals surface area contributed by atoms with Gasteiger partial charge in [-0.3, -0.25) is 9.59 Å². The Morgan fingerprint density at radius 3 is 1.19 bits per heavy atom. The second-order valence-electron chi connectivity index (χ2n) is 24.1. The molecule has 4 heteroatoms. The van der Waals surface area contributed by atoms with Gasteiger partial charge in [-0.25, -0.2) is 0 Å². The quantitative estimate of drug-likeness (QED) is 0.152. The number of fused-ring (bicyclic) bond motifs is 28. The van der Waals surface area contributed by atoms with E-state index in [0.29, 0.717) is 23.4 Å². The molecule has 338 valence electrons. The summed E-state index contributed by atoms with van der Waals surface area (Å²) >= 11 is 0. The van der Waals surface area contributed by atoms with Crippen LogP contribution >= 0.6 is 0 Å². The van der Waals surface area contributed by atoms with Crippen LogP contribution in [0.15, 0.2) is 97.1 Å². The first-order chi connectivity index (χ1) is 34.5. The zero-order valence-electron chi connectivity index (χ0n) is 39.6. The highest BCUT2D eigenvalue weighted by molar-refractivity contribution is 6.32. The van der Waals surface area contributed by atoms with E-state index in [1.54, 1.807) is 11.1 Å². The van der Waals surface area contributed by atoms with Crippen LogP contribution in [0.4, 0.5) is 0 Å². The van der Waals surface area contributed by atoms with Crippen LogP contribution in [0, 0.1) is 11.8 Å². The van der Waals surface area contributed by atoms with E-state index in [-0.39, 0.29) is 22.7 Å². The maximum atomic E-state index is 14.6. The number of nitrogens with zero attached hydrogens (tertiary/aromatic N) is 2. The van der Waals surface area contributed by atoms with Gasteiger partial charge in [0.2, 0.25) is 0 Å². The first-order valence-electron chi connectivity index (χ1n) is 27.4. The molecular weight excluding hydrogens is 853 g/mol. The summed E-state index contributed by atoms with van der Waals surface area (Å²) < 4.78 is 5.31. The molecule has 0 amide bonds. The molecule has 10 aliphatic carbocycles. The van der Waals surface area contributed by atoms with Crippen LogP contribution in [-0.4, -0.2) is 20.4 Å². The summed E-state index contributed by atoms with van der Waals surface area (Å²) in [7, 11) is 0. The van der Waals surface area contributed by atoms with Crippen LogP contribution in [0.3, 0.4) is 0 Å². The molecule has 7 aromatic carbocycles. The third kappa shape index (κ3) is 3.99. The number of carbonyl (C=O) groups is 2. The summed E-state index contributed by atoms with van der Waals surface area (Å²) in [5.41, 5.74) is 24.0. The van der Waals surface area contributed by atoms with E-state index >= 15 is 0 Å². The van der Waals surface area contributed by atoms with Gasteiger partial charge in [-0.15, -0.1) is 0 Å². The van der Waals surface area contributed by atoms with Gasteiger partial charge in [0, 0.05) is 76.9 Å². The van der Waals surface area contributed by atoms with Crippen molar-refractivity contribution in [2.75, 3.05) is 0 Å². The molecule has 70 heavy (non-hydrogen) atoms. The van der Waals surface area contributed by atoms with Crippen molar-refractivity contribution in [3.8, 4) is 22.3 Å². The maximum Gasteiger partial charge on any atom is 0.166 e. The van der Waals surface area contributed by atoms with Crippen molar-refractivity contribution in [3.05, 3.63) is 142 Å². The lowest BCUT2D eigenvalue weighted by atomic mass is 9.75. The topological polar surface area (TPSA) is 43.0 Å². The summed E-state index contributed by atoms with van der Waals surface area (Å²) in [5, 5.41) is 10.8. The van der Waals surface area contributed by atoms with Crippen molar-refractivity contribution in [1.29, 1.82) is 0 Å². The van der Waals surface area contributed by atoms with E-state index in [1.165, 1.54) is 172 Å². The summed E-state index contributed by atoms with van der Waals surface area (Å²) in [5.74, 6) is 1.95. The van der Waals surface area contributed by atoms with Crippen LogP contribution in [0.2, 0.25) is 0 Å². The molecule has 0 N–H and O–H groups in total. The standard InChI is InChI=1S/C66H52N2O2/c69-63-35-17-13-33(14-18-35)39-25-41-45-27-43-37-9-1-3-11-51(37)65(21-5-6-22-65)59(43)57-49-31-56-50(32-55(49)67(61(45)57)53(41)29-47(39)63)58-60-44(38-10-2-4-12-52(38)66(60)23-7-8-24-66)28-46-42-26-40-34-15-19-36(20-16-34)64(70)48(40)30-54(42)68(56)62(46)58/h1-4,9-12,25-36H,5-8,13-24H2. The van der Waals surface area contributed by atoms with Gasteiger partial charge >= 0.3 is 0 Å². The molecule has 10 aliphatic rings. The number of hydrogen-bond donors (Lipinski definition) is 0. The van der Waals surface area contributed by atoms with E-state index < -0.39 is 0 Å². The average molecular weight is 905 g/mol. The third-order valence-electron chi connectivity index (χ3n) is 21.5. The number of carbonyl (C=O) groups excluding carboxylic acids is 2. The summed E-state index contributed by atoms with van der Waals surface area (Å²) in [6.45, 7) is 0. The predicted molar refractivity (Wildman–Crippen MR) is 283 cm³/mol. The molecular formula is C66H52N2O2. The minimum absolute atomic E-state index is 0.0290. The van der Waals surface area contributed by atoms with Crippen LogP contribution in [0.1, 0.15) is 169 Å². The first kappa shape index (κ1) is 37.3. The van der Waals surface area contributed by atoms with Gasteiger partial charge in [-0.2, -0.15) is 0 Å². The first-order valence-corrected chi connectivity index (χ1v) is 27.4. The van der Waals surface area contributed by atoms with Crippen LogP contribution < -0.4 is 0 Å². The van der Waals surface area contributed by atoms with Gasteiger partial charge in [0.05, 0.1) is 33.1 Å². The second kappa shape index (κ2) is 12.1. The Morgan fingerprint density at radius 1 is 0.371 bits per heavy atom. The smallest absolute Gasteiger partial charge is 0.166 e. The Balaban J connectivity index is 1.04. The number of Topliss-reactive ketones (excluding diaryl/α,β-unsaturated/α-hetero) is 2. The average Bonchev–Trinajstić information content (AvgIpc) is 4.30. The van der Waals surface area contributed by atoms with E-state index in [2.05, 4.69) is 106 Å². The van der Waals surface area contributed by atoms with Gasteiger partial charge in [-0.1, -0.05) is 74.2 Å². The van der Waals surface area contributed by atoms with Crippen molar-refractivity contribution < 1.29 is 9.59 Å². The lowest BCUT2D eigenvalue weighted by Crippen LogP contribution is -2.20. The number of aromatic nitrogens is 2. The van der Waals surface area contributed by atoms with E-state index in [1.807, 2.05) is 0 Å². The molecule has 4 bridgehead atoms. The Hall–Kier alpha value is -6.52. The molecule has 0 radical (unpaired) electrons. The van der Waals surface area contributed by atoms with Crippen LogP contribution in [0.5, 0.6) is 0 Å². The lowest BCUT2D eigenvalue weighted by Gasteiger charge is -2.27. The molecule has 4 fully saturated rings. The summed E-state index contributed by atoms with van der Waals surface area (Å²) in [6, 6.07) is 39.0. The molecule has 4 aromatic heterocycles. The molecule has 4 saturated carbocycles. The minimum Gasteiger partial charge on any atom is -0.308 e. The number of rotatable bonds is 0. The Kier molecular flexibility index (Phi) is 6.47. The fourth-order valence-corrected chi connectivity index (χ4v) is 18.7. The second-order valence-corrected chi connectivity index (χ2v) is 24.1. The van der Waals surface area contributed by atoms with E-state index in [4.69, 9.17) is 0 Å². The Morgan fingerprint density at radius 2 is 0.757 bits per heavy atom. The van der Waals surface area contributed by atoms with Gasteiger partial charge in [0.1, 0.15) is 0 Å². The zero-order valence-corrected chi connectivity index (χ0v) is 39.6. The zero-order chi connectivity index (χ0) is 45.3. The molecule has 4 nitrogen and oxygen atoms in total. The molecule has 2 spiro atoms. The van der Waals surface area contributed by atoms with Crippen LogP contribution in [0.25, 0.3) is 98.4 Å². The van der Waals surface area contributed by atoms with Crippen molar-refractivity contribution in [3.63, 3.8) is 0 Å². The normalized spacial score (nSPS) is 24.5. The molecule has 11 aromatic rings. The maximum absolute atomic E-state index is 14.6. The van der Waals surface area contributed by atoms with Gasteiger partial charge in [0.15, 0.2) is 11.6 Å². The van der Waals surface area contributed by atoms with E-state index in [0.717, 1.165) is 62.5 Å². The summed E-state index contributed by atoms with van der Waals surface area (Å²) in [6.07, 6.45) is 18.2. The van der Waals surface area contributed by atoms with Gasteiger partial charge < -0.3 is 8.80 Å². The number of hydrogen-bond acceptors (Lipinski definition) is 2. The monoisotopic (exact) mass is 904 g/mol. The fourth-order valence-electron chi connectivity index (χ4n) is 18.7. The molecule has 21 rings (SSSR count). The number of ketones is 2. The fraction of sp³-hybridized carbons (Fsp3) is 0.333. The largest absolute Gasteiger partial charge is 0.308 e. The van der Waals surface area contributed by atoms with Gasteiger partial charge in [0.25, 0.3) is 0 Å². The van der Waals surface area contributed by atoms with E-state index in [9.17, 15) is 9.59 Å². The summed E-state index contributed by atoms with van der Waals surface area (Å²) in [4.78, 5) is 29.2. The highest BCUT2D eigenvalue weighted by atomic mass is 16.1. The lowest BCUT2D eigenvalue weighted by molar-refractivity contribution is 0.0891. The molecule has 0 saturated heterocycles. The van der Waals surface area contributed by atoms with Crippen LogP contribution in [-0.2, 0) is 10.8 Å². The predicted octanol–water partition coefficient (Wildman–Crippen LogP) is 16.6. The van der Waals surface area contributed by atoms with Crippen molar-refractivity contribution in [2.45, 2.75) is 125 Å². The Bertz CT molecular complexity index is 4040. The molecule has 0 aliphatic heterocycles. The number of benzene rings is 7. The van der Waals surface area contributed by atoms with Crippen molar-refractivity contribution in [1.82, 2.24) is 8.80 Å². The highest BCUT2D eigenvalue weighted by Crippen LogP contribution is 2.64. The third-order valence-corrected chi connectivity index (χ3v) is 21.5. The van der Waals surface area contributed by atoms with Gasteiger partial charge in [-0.05, 0) is 193 Å². The SMILES string of the molecule is O=C1c2cc3c(cc2C2CCC1CC2)c1cc2c(c4c5cc6c(cc5n3c14)c1c3c(cc4c5cc7c(cc5n6c41)C(=O)C1CCC7CC1)-c1ccccc1C31CCCC1)C1(CCCC1)c1ccccc1-2. The molecule has 0 atom stereocenters. The Labute approximate surface area is 405 Å². The highest BCUT2D eigenvalue weighted by Gasteiger charge is 2.50. The van der Waals surface area contributed by atoms with Crippen molar-refractivity contribution >= 4 is 87.8 Å². The molecule has 4 heterocycles. The molecule has 0 unspecified atom stereocenters. The minimum atomic E-state index is -0.0290.